The second-order valence-corrected chi connectivity index (χ2v) is 5.50. The van der Waals surface area contributed by atoms with Gasteiger partial charge >= 0.3 is 5.97 Å². The van der Waals surface area contributed by atoms with E-state index >= 15 is 0 Å². The summed E-state index contributed by atoms with van der Waals surface area (Å²) in [6.07, 6.45) is -1.02. The number of alkyl halides is 1. The highest BCUT2D eigenvalue weighted by molar-refractivity contribution is 5.94. The second-order valence-electron chi connectivity index (χ2n) is 5.50. The molecule has 0 radical (unpaired) electrons. The predicted octanol–water partition coefficient (Wildman–Crippen LogP) is 1.99. The number of rotatable bonds is 7. The van der Waals surface area contributed by atoms with Crippen LogP contribution in [0.4, 0.5) is 4.39 Å². The fourth-order valence-corrected chi connectivity index (χ4v) is 2.02. The van der Waals surface area contributed by atoms with Crippen LogP contribution in [0.1, 0.15) is 42.4 Å². The molecule has 0 aromatic heterocycles. The van der Waals surface area contributed by atoms with Gasteiger partial charge in [0.05, 0.1) is 7.11 Å². The average molecular weight is 310 g/mol. The number of hydrogen-bond acceptors (Lipinski definition) is 4. The molecule has 5 nitrogen and oxygen atoms in total. The summed E-state index contributed by atoms with van der Waals surface area (Å²) < 4.78 is 18.9. The fraction of sp³-hybridized carbons (Fsp3) is 0.500. The number of ether oxygens (including phenoxy) is 1. The van der Waals surface area contributed by atoms with Crippen LogP contribution in [0.3, 0.4) is 0 Å². The smallest absolute Gasteiger partial charge is 0.325 e. The van der Waals surface area contributed by atoms with Crippen molar-refractivity contribution >= 4 is 11.9 Å². The van der Waals surface area contributed by atoms with Crippen LogP contribution in [0.15, 0.2) is 24.3 Å². The summed E-state index contributed by atoms with van der Waals surface area (Å²) in [6.45, 7) is 3.67. The lowest BCUT2D eigenvalue weighted by molar-refractivity contribution is -0.147. The maximum atomic E-state index is 14.3. The number of amides is 1. The summed E-state index contributed by atoms with van der Waals surface area (Å²) in [5.41, 5.74) is 0.00238. The first-order valence-corrected chi connectivity index (χ1v) is 7.11. The molecule has 0 spiro atoms. The van der Waals surface area contributed by atoms with Gasteiger partial charge in [0.2, 0.25) is 0 Å². The normalized spacial score (nSPS) is 12.6. The third-order valence-electron chi connectivity index (χ3n) is 3.40. The van der Waals surface area contributed by atoms with Crippen molar-refractivity contribution in [3.05, 3.63) is 35.4 Å². The largest absolute Gasteiger partial charge is 0.468 e. The zero-order chi connectivity index (χ0) is 16.8. The minimum atomic E-state index is -1.22. The first kappa shape index (κ1) is 18.1. The summed E-state index contributed by atoms with van der Waals surface area (Å²) in [6, 6.07) is 6.46. The van der Waals surface area contributed by atoms with Crippen LogP contribution in [0.5, 0.6) is 0 Å². The Hall–Kier alpha value is -1.95. The van der Waals surface area contributed by atoms with Gasteiger partial charge in [-0.25, -0.2) is 4.39 Å². The molecule has 1 unspecified atom stereocenters. The van der Waals surface area contributed by atoms with E-state index in [1.54, 1.807) is 32.0 Å². The van der Waals surface area contributed by atoms with E-state index in [-0.39, 0.29) is 12.3 Å². The van der Waals surface area contributed by atoms with Gasteiger partial charge in [-0.1, -0.05) is 12.1 Å². The Kier molecular flexibility index (Phi) is 6.49. The molecule has 1 atom stereocenters. The van der Waals surface area contributed by atoms with Gasteiger partial charge in [0.1, 0.15) is 11.7 Å². The zero-order valence-electron chi connectivity index (χ0n) is 13.4. The molecule has 0 saturated carbocycles. The van der Waals surface area contributed by atoms with E-state index in [0.717, 1.165) is 0 Å². The molecule has 1 amide bonds. The lowest BCUT2D eigenvalue weighted by Crippen LogP contribution is -2.47. The van der Waals surface area contributed by atoms with Crippen LogP contribution in [0.25, 0.3) is 0 Å². The standard InChI is InChI=1S/C16H23FN2O3/c1-16(2,15(21)22-4)19-9-8-13(17)11-6-5-7-12(10-11)14(20)18-3/h5-7,10,13,19H,8-9H2,1-4H3,(H,18,20). The lowest BCUT2D eigenvalue weighted by Gasteiger charge is -2.23. The van der Waals surface area contributed by atoms with Gasteiger partial charge in [-0.3, -0.25) is 9.59 Å². The molecular formula is C16H23FN2O3. The highest BCUT2D eigenvalue weighted by Gasteiger charge is 2.28. The quantitative estimate of drug-likeness (QED) is 0.756. The maximum absolute atomic E-state index is 14.3. The molecule has 1 aromatic carbocycles. The van der Waals surface area contributed by atoms with Gasteiger partial charge in [0.25, 0.3) is 5.91 Å². The van der Waals surface area contributed by atoms with Gasteiger partial charge in [0.15, 0.2) is 0 Å². The van der Waals surface area contributed by atoms with Crippen LogP contribution in [-0.2, 0) is 9.53 Å². The number of carbonyl (C=O) groups is 2. The second kappa shape index (κ2) is 7.89. The van der Waals surface area contributed by atoms with Gasteiger partial charge in [-0.2, -0.15) is 0 Å². The van der Waals surface area contributed by atoms with Crippen molar-refractivity contribution in [3.8, 4) is 0 Å². The number of hydrogen-bond donors (Lipinski definition) is 2. The number of nitrogens with one attached hydrogen (secondary N) is 2. The van der Waals surface area contributed by atoms with Crippen molar-refractivity contribution in [2.24, 2.45) is 0 Å². The first-order valence-electron chi connectivity index (χ1n) is 7.11. The molecule has 2 N–H and O–H groups in total. The van der Waals surface area contributed by atoms with Crippen molar-refractivity contribution in [1.29, 1.82) is 0 Å². The summed E-state index contributed by atoms with van der Waals surface area (Å²) in [5, 5.41) is 5.47. The van der Waals surface area contributed by atoms with E-state index < -0.39 is 17.7 Å². The lowest BCUT2D eigenvalue weighted by atomic mass is 10.0. The highest BCUT2D eigenvalue weighted by Crippen LogP contribution is 2.22. The molecule has 0 bridgehead atoms. The van der Waals surface area contributed by atoms with Gasteiger partial charge in [0, 0.05) is 12.6 Å². The molecule has 6 heteroatoms. The first-order chi connectivity index (χ1) is 10.3. The van der Waals surface area contributed by atoms with E-state index in [2.05, 4.69) is 15.4 Å². The molecule has 0 aliphatic heterocycles. The molecule has 0 saturated heterocycles. The SMILES string of the molecule is CNC(=O)c1cccc(C(F)CCNC(C)(C)C(=O)OC)c1. The Balaban J connectivity index is 2.61. The molecule has 122 valence electrons. The Morgan fingerprint density at radius 1 is 1.36 bits per heavy atom. The van der Waals surface area contributed by atoms with Crippen molar-refractivity contribution in [2.75, 3.05) is 20.7 Å². The summed E-state index contributed by atoms with van der Waals surface area (Å²) >= 11 is 0. The molecular weight excluding hydrogens is 287 g/mol. The molecule has 22 heavy (non-hydrogen) atoms. The van der Waals surface area contributed by atoms with Gasteiger partial charge < -0.3 is 15.4 Å². The molecule has 0 heterocycles. The monoisotopic (exact) mass is 310 g/mol. The highest BCUT2D eigenvalue weighted by atomic mass is 19.1. The Morgan fingerprint density at radius 3 is 2.64 bits per heavy atom. The number of benzene rings is 1. The van der Waals surface area contributed by atoms with Gasteiger partial charge in [-0.05, 0) is 44.5 Å². The number of halogens is 1. The molecule has 0 fully saturated rings. The maximum Gasteiger partial charge on any atom is 0.325 e. The summed E-state index contributed by atoms with van der Waals surface area (Å²) in [5.74, 6) is -0.650. The Labute approximate surface area is 130 Å². The third-order valence-corrected chi connectivity index (χ3v) is 3.40. The Morgan fingerprint density at radius 2 is 2.05 bits per heavy atom. The minimum absolute atomic E-state index is 0.192. The molecule has 1 aromatic rings. The van der Waals surface area contributed by atoms with Crippen LogP contribution in [-0.4, -0.2) is 38.1 Å². The van der Waals surface area contributed by atoms with Crippen LogP contribution < -0.4 is 10.6 Å². The van der Waals surface area contributed by atoms with Crippen molar-refractivity contribution < 1.29 is 18.7 Å². The van der Waals surface area contributed by atoms with E-state index in [1.807, 2.05) is 0 Å². The number of esters is 1. The average Bonchev–Trinajstić information content (AvgIpc) is 2.52. The molecule has 1 rings (SSSR count). The predicted molar refractivity (Wildman–Crippen MR) is 82.4 cm³/mol. The number of carbonyl (C=O) groups excluding carboxylic acids is 2. The van der Waals surface area contributed by atoms with E-state index in [4.69, 9.17) is 0 Å². The summed E-state index contributed by atoms with van der Waals surface area (Å²) in [7, 11) is 2.84. The Bertz CT molecular complexity index is 532. The molecule has 0 aliphatic carbocycles. The van der Waals surface area contributed by atoms with Crippen molar-refractivity contribution in [1.82, 2.24) is 10.6 Å². The number of methoxy groups -OCH3 is 1. The van der Waals surface area contributed by atoms with E-state index in [9.17, 15) is 14.0 Å². The van der Waals surface area contributed by atoms with Crippen LogP contribution >= 0.6 is 0 Å². The third kappa shape index (κ3) is 4.80. The van der Waals surface area contributed by atoms with Gasteiger partial charge in [-0.15, -0.1) is 0 Å². The van der Waals surface area contributed by atoms with E-state index in [1.165, 1.54) is 20.2 Å². The minimum Gasteiger partial charge on any atom is -0.468 e. The topological polar surface area (TPSA) is 67.4 Å². The van der Waals surface area contributed by atoms with Crippen LogP contribution in [0.2, 0.25) is 0 Å². The summed E-state index contributed by atoms with van der Waals surface area (Å²) in [4.78, 5) is 23.1. The van der Waals surface area contributed by atoms with Crippen LogP contribution in [0, 0.1) is 0 Å². The van der Waals surface area contributed by atoms with Crippen molar-refractivity contribution in [3.63, 3.8) is 0 Å². The molecule has 0 aliphatic rings. The van der Waals surface area contributed by atoms with E-state index in [0.29, 0.717) is 17.7 Å². The fourth-order valence-electron chi connectivity index (χ4n) is 2.02. The van der Waals surface area contributed by atoms with Crippen molar-refractivity contribution in [2.45, 2.75) is 32.0 Å². The zero-order valence-corrected chi connectivity index (χ0v) is 13.4.